The molecule has 0 N–H and O–H groups in total. The Morgan fingerprint density at radius 1 is 1.73 bits per heavy atom. The molecule has 1 aliphatic carbocycles. The van der Waals surface area contributed by atoms with E-state index in [9.17, 15) is 14.5 Å². The Morgan fingerprint density at radius 2 is 2.40 bits per heavy atom. The van der Waals surface area contributed by atoms with E-state index in [1.165, 1.54) is 12.1 Å². The van der Waals surface area contributed by atoms with Gasteiger partial charge in [-0.3, -0.25) is 10.1 Å². The average molecular weight is 215 g/mol. The van der Waals surface area contributed by atoms with Crippen molar-refractivity contribution in [2.45, 2.75) is 18.2 Å². The van der Waals surface area contributed by atoms with Crippen LogP contribution in [0, 0.1) is 10.1 Å². The molecular weight excluding hydrogens is 201 g/mol. The van der Waals surface area contributed by atoms with Crippen molar-refractivity contribution in [1.29, 1.82) is 0 Å². The third-order valence-electron chi connectivity index (χ3n) is 2.32. The Bertz CT molecular complexity index is 521. The van der Waals surface area contributed by atoms with Crippen molar-refractivity contribution in [2.24, 2.45) is 0 Å². The minimum atomic E-state index is -2.93. The number of nitrogens with zero attached hydrogens (tertiary/aromatic N) is 1. The number of alkyl halides is 1. The Hall–Kier alpha value is -1.49. The van der Waals surface area contributed by atoms with E-state index in [0.29, 0.717) is 0 Å². The number of non-ortho nitro benzene ring substituents is 1. The lowest BCUT2D eigenvalue weighted by molar-refractivity contribution is -0.384. The maximum atomic E-state index is 14.1. The molecule has 1 aliphatic rings. The Kier molecular flexibility index (Phi) is 1.35. The van der Waals surface area contributed by atoms with E-state index in [1.54, 1.807) is 0 Å². The molecule has 80 valence electrons. The van der Waals surface area contributed by atoms with Crippen LogP contribution in [0.15, 0.2) is 24.3 Å². The highest BCUT2D eigenvalue weighted by atomic mass is 19.2. The lowest BCUT2D eigenvalue weighted by Gasteiger charge is -2.04. The molecule has 0 amide bonds. The van der Waals surface area contributed by atoms with E-state index in [1.807, 2.05) is 0 Å². The van der Waals surface area contributed by atoms with Gasteiger partial charge in [0.1, 0.15) is 0 Å². The monoisotopic (exact) mass is 215 g/mol. The summed E-state index contributed by atoms with van der Waals surface area (Å²) in [4.78, 5) is 9.86. The minimum absolute atomic E-state index is 0.143. The van der Waals surface area contributed by atoms with Crippen molar-refractivity contribution in [1.82, 2.24) is 0 Å². The zero-order chi connectivity index (χ0) is 14.5. The molecule has 15 heavy (non-hydrogen) atoms. The highest BCUT2D eigenvalue weighted by Gasteiger charge is 2.57. The molecule has 1 saturated carbocycles. The molecule has 0 bridgehead atoms. The number of nitro groups is 1. The van der Waals surface area contributed by atoms with Crippen LogP contribution in [0.5, 0.6) is 0 Å². The van der Waals surface area contributed by atoms with Crippen molar-refractivity contribution < 1.29 is 19.5 Å². The normalized spacial score (nSPS) is 38.5. The number of hydrogen-bond donors (Lipinski definition) is 0. The maximum Gasteiger partial charge on any atom is 0.269 e. The van der Waals surface area contributed by atoms with Gasteiger partial charge in [0.15, 0.2) is 0 Å². The van der Waals surface area contributed by atoms with Gasteiger partial charge in [-0.25, -0.2) is 4.39 Å². The van der Waals surface area contributed by atoms with E-state index in [2.05, 4.69) is 4.74 Å². The predicted molar refractivity (Wildman–Crippen MR) is 51.3 cm³/mol. The van der Waals surface area contributed by atoms with E-state index >= 15 is 0 Å². The number of ether oxygens (including phenoxy) is 1. The molecule has 0 unspecified atom stereocenters. The second kappa shape index (κ2) is 3.27. The fourth-order valence-electron chi connectivity index (χ4n) is 1.38. The van der Waals surface area contributed by atoms with Crippen LogP contribution in [-0.4, -0.2) is 17.8 Å². The zero-order valence-corrected chi connectivity index (χ0v) is 7.57. The molecule has 0 aromatic heterocycles. The summed E-state index contributed by atoms with van der Waals surface area (Å²) in [6, 6.07) is 4.74. The molecule has 1 fully saturated rings. The first-order chi connectivity index (χ1) is 8.57. The summed E-state index contributed by atoms with van der Waals surface area (Å²) in [5.41, 5.74) is -0.0425. The molecule has 5 heteroatoms. The molecule has 4 nitrogen and oxygen atoms in total. The lowest BCUT2D eigenvalue weighted by atomic mass is 10.1. The van der Waals surface area contributed by atoms with E-state index in [-0.39, 0.29) is 11.3 Å². The van der Waals surface area contributed by atoms with Gasteiger partial charge in [0, 0.05) is 32.9 Å². The fourth-order valence-corrected chi connectivity index (χ4v) is 1.38. The van der Waals surface area contributed by atoms with E-state index in [4.69, 9.17) is 5.48 Å². The summed E-state index contributed by atoms with van der Waals surface area (Å²) in [5, 5.41) is 10.5. The molecule has 1 aromatic carbocycles. The standard InChI is InChI=1S/C10H10FNO3/c1-15-10(11)6-9(10)7-2-4-8(5-3-7)12(13)14/h2-5,9H,6H2,1H3/t9-,10+/m1/s1/i1D3,9D. The Balaban J connectivity index is 2.21. The maximum absolute atomic E-state index is 14.1. The number of methoxy groups -OCH3 is 1. The van der Waals surface area contributed by atoms with Crippen LogP contribution in [0.1, 0.15) is 23.4 Å². The molecule has 2 atom stereocenters. The third-order valence-corrected chi connectivity index (χ3v) is 2.32. The number of benzene rings is 1. The topological polar surface area (TPSA) is 52.4 Å². The van der Waals surface area contributed by atoms with Crippen molar-refractivity contribution in [3.05, 3.63) is 39.9 Å². The van der Waals surface area contributed by atoms with Gasteiger partial charge in [-0.15, -0.1) is 0 Å². The average Bonchev–Trinajstić information content (AvgIpc) is 2.79. The second-order valence-corrected chi connectivity index (χ2v) is 3.29. The van der Waals surface area contributed by atoms with Gasteiger partial charge in [0.2, 0.25) is 5.85 Å². The zero-order valence-electron chi connectivity index (χ0n) is 11.6. The van der Waals surface area contributed by atoms with E-state index in [0.717, 1.165) is 12.1 Å². The fraction of sp³-hybridized carbons (Fsp3) is 0.400. The summed E-state index contributed by atoms with van der Waals surface area (Å²) >= 11 is 0. The molecule has 0 aliphatic heterocycles. The van der Waals surface area contributed by atoms with Gasteiger partial charge in [0.25, 0.3) is 5.69 Å². The van der Waals surface area contributed by atoms with Gasteiger partial charge in [-0.1, -0.05) is 12.1 Å². The highest BCUT2D eigenvalue weighted by Crippen LogP contribution is 2.55. The summed E-state index contributed by atoms with van der Waals surface area (Å²) in [5.74, 6) is -4.43. The SMILES string of the molecule is [2H]C([2H])([2H])O[C@@]1(F)C[C@]1([2H])c1ccc([N+](=O)[O-])cc1. The predicted octanol–water partition coefficient (Wildman–Crippen LogP) is 2.39. The van der Waals surface area contributed by atoms with Crippen LogP contribution in [0.3, 0.4) is 0 Å². The number of rotatable bonds is 3. The molecular formula is C10H10FNO3. The van der Waals surface area contributed by atoms with Crippen LogP contribution in [-0.2, 0) is 4.74 Å². The quantitative estimate of drug-likeness (QED) is 0.574. The minimum Gasteiger partial charge on any atom is -0.349 e. The molecule has 0 saturated heterocycles. The first kappa shape index (κ1) is 6.17. The summed E-state index contributed by atoms with van der Waals surface area (Å²) in [6.07, 6.45) is -0.420. The van der Waals surface area contributed by atoms with Crippen LogP contribution >= 0.6 is 0 Å². The number of hydrogen-bond acceptors (Lipinski definition) is 3. The van der Waals surface area contributed by atoms with E-state index < -0.39 is 30.1 Å². The summed E-state index contributed by atoms with van der Waals surface area (Å²) < 4.78 is 46.8. The number of nitro benzene ring substituents is 1. The Labute approximate surface area is 91.4 Å². The van der Waals surface area contributed by atoms with Crippen molar-refractivity contribution in [2.75, 3.05) is 7.04 Å². The lowest BCUT2D eigenvalue weighted by Crippen LogP contribution is -2.05. The Morgan fingerprint density at radius 3 is 2.93 bits per heavy atom. The molecule has 2 rings (SSSR count). The molecule has 1 aromatic rings. The van der Waals surface area contributed by atoms with Crippen LogP contribution in [0.4, 0.5) is 10.1 Å². The molecule has 0 radical (unpaired) electrons. The largest absolute Gasteiger partial charge is 0.349 e. The van der Waals surface area contributed by atoms with Gasteiger partial charge in [-0.05, 0) is 5.56 Å². The number of halogens is 1. The summed E-state index contributed by atoms with van der Waals surface area (Å²) in [7, 11) is -2.93. The first-order valence-corrected chi connectivity index (χ1v) is 4.21. The van der Waals surface area contributed by atoms with Gasteiger partial charge < -0.3 is 4.74 Å². The van der Waals surface area contributed by atoms with Crippen LogP contribution in [0.2, 0.25) is 0 Å². The van der Waals surface area contributed by atoms with Crippen molar-refractivity contribution >= 4 is 5.69 Å². The van der Waals surface area contributed by atoms with Gasteiger partial charge in [0.05, 0.1) is 9.04 Å². The summed E-state index contributed by atoms with van der Waals surface area (Å²) in [6.45, 7) is 0. The van der Waals surface area contributed by atoms with Crippen molar-refractivity contribution in [3.8, 4) is 0 Å². The van der Waals surface area contributed by atoms with Gasteiger partial charge >= 0.3 is 0 Å². The molecule has 0 heterocycles. The first-order valence-electron chi connectivity index (χ1n) is 6.21. The van der Waals surface area contributed by atoms with Crippen molar-refractivity contribution in [3.63, 3.8) is 0 Å². The van der Waals surface area contributed by atoms with Gasteiger partial charge in [-0.2, -0.15) is 0 Å². The second-order valence-electron chi connectivity index (χ2n) is 3.29. The molecule has 0 spiro atoms. The van der Waals surface area contributed by atoms with Crippen LogP contribution in [0.25, 0.3) is 0 Å². The highest BCUT2D eigenvalue weighted by molar-refractivity contribution is 5.37. The third kappa shape index (κ3) is 1.70. The van der Waals surface area contributed by atoms with Crippen LogP contribution < -0.4 is 0 Å². The smallest absolute Gasteiger partial charge is 0.269 e.